The number of halogens is 2. The van der Waals surface area contributed by atoms with E-state index >= 15 is 0 Å². The van der Waals surface area contributed by atoms with Gasteiger partial charge in [0.25, 0.3) is 0 Å². The maximum atomic E-state index is 13.0. The maximum Gasteiger partial charge on any atom is 0.126 e. The van der Waals surface area contributed by atoms with Crippen molar-refractivity contribution in [3.05, 3.63) is 35.4 Å². The summed E-state index contributed by atoms with van der Waals surface area (Å²) in [6, 6.07) is 3.66. The molecule has 1 aliphatic rings. The van der Waals surface area contributed by atoms with Gasteiger partial charge in [-0.25, -0.2) is 8.78 Å². The number of hydrogen-bond donors (Lipinski definition) is 1. The summed E-state index contributed by atoms with van der Waals surface area (Å²) in [5.74, 6) is -0.152. The number of hydrogen-bond acceptors (Lipinski definition) is 2. The third kappa shape index (κ3) is 5.17. The van der Waals surface area contributed by atoms with Crippen LogP contribution in [0.1, 0.15) is 31.7 Å². The van der Waals surface area contributed by atoms with E-state index in [0.29, 0.717) is 12.1 Å². The van der Waals surface area contributed by atoms with Crippen LogP contribution in [0, 0.1) is 17.6 Å². The molecule has 20 heavy (non-hydrogen) atoms. The first kappa shape index (κ1) is 15.4. The van der Waals surface area contributed by atoms with Gasteiger partial charge in [-0.3, -0.25) is 0 Å². The molecule has 0 aliphatic carbocycles. The summed E-state index contributed by atoms with van der Waals surface area (Å²) in [5.41, 5.74) is 0.661. The van der Waals surface area contributed by atoms with Crippen LogP contribution >= 0.6 is 0 Å². The zero-order valence-corrected chi connectivity index (χ0v) is 12.2. The monoisotopic (exact) mass is 282 g/mol. The van der Waals surface area contributed by atoms with Crippen molar-refractivity contribution in [2.45, 2.75) is 32.7 Å². The Labute approximate surface area is 120 Å². The first-order chi connectivity index (χ1) is 9.63. The molecule has 1 saturated heterocycles. The summed E-state index contributed by atoms with van der Waals surface area (Å²) in [5, 5.41) is 3.24. The van der Waals surface area contributed by atoms with Crippen molar-refractivity contribution in [3.8, 4) is 0 Å². The SMILES string of the molecule is CC1CCN(CCCNCc2cc(F)cc(F)c2)CC1. The van der Waals surface area contributed by atoms with Gasteiger partial charge in [-0.1, -0.05) is 6.92 Å². The molecule has 1 aromatic rings. The summed E-state index contributed by atoms with van der Waals surface area (Å²) in [6.45, 7) is 7.23. The lowest BCUT2D eigenvalue weighted by molar-refractivity contribution is 0.190. The van der Waals surface area contributed by atoms with Crippen molar-refractivity contribution in [2.75, 3.05) is 26.2 Å². The molecule has 0 saturated carbocycles. The lowest BCUT2D eigenvalue weighted by Crippen LogP contribution is -2.34. The molecule has 2 rings (SSSR count). The summed E-state index contributed by atoms with van der Waals surface area (Å²) in [7, 11) is 0. The molecule has 0 atom stereocenters. The van der Waals surface area contributed by atoms with E-state index in [2.05, 4.69) is 17.1 Å². The first-order valence-corrected chi connectivity index (χ1v) is 7.51. The van der Waals surface area contributed by atoms with E-state index in [1.165, 1.54) is 38.1 Å². The summed E-state index contributed by atoms with van der Waals surface area (Å²) in [6.07, 6.45) is 3.68. The first-order valence-electron chi connectivity index (χ1n) is 7.51. The normalized spacial score (nSPS) is 17.6. The van der Waals surface area contributed by atoms with Crippen LogP contribution in [-0.4, -0.2) is 31.1 Å². The van der Waals surface area contributed by atoms with Gasteiger partial charge in [0.15, 0.2) is 0 Å². The van der Waals surface area contributed by atoms with Crippen LogP contribution in [0.3, 0.4) is 0 Å². The van der Waals surface area contributed by atoms with E-state index in [9.17, 15) is 8.78 Å². The van der Waals surface area contributed by atoms with E-state index in [-0.39, 0.29) is 0 Å². The minimum absolute atomic E-state index is 0.510. The van der Waals surface area contributed by atoms with Gasteiger partial charge in [0.2, 0.25) is 0 Å². The zero-order valence-electron chi connectivity index (χ0n) is 12.2. The number of benzene rings is 1. The van der Waals surface area contributed by atoms with Crippen LogP contribution in [0.5, 0.6) is 0 Å². The van der Waals surface area contributed by atoms with Gasteiger partial charge in [0.05, 0.1) is 0 Å². The number of nitrogens with zero attached hydrogens (tertiary/aromatic N) is 1. The van der Waals surface area contributed by atoms with E-state index < -0.39 is 11.6 Å². The third-order valence-electron chi connectivity index (χ3n) is 3.96. The molecule has 1 heterocycles. The highest BCUT2D eigenvalue weighted by atomic mass is 19.1. The van der Waals surface area contributed by atoms with Gasteiger partial charge in [0.1, 0.15) is 11.6 Å². The average Bonchev–Trinajstić information content (AvgIpc) is 2.39. The summed E-state index contributed by atoms with van der Waals surface area (Å²) >= 11 is 0. The second-order valence-electron chi connectivity index (χ2n) is 5.83. The smallest absolute Gasteiger partial charge is 0.126 e. The van der Waals surface area contributed by atoms with Crippen LogP contribution in [-0.2, 0) is 6.54 Å². The Balaban J connectivity index is 1.59. The van der Waals surface area contributed by atoms with E-state index in [1.54, 1.807) is 0 Å². The van der Waals surface area contributed by atoms with Crippen LogP contribution in [0.4, 0.5) is 8.78 Å². The second-order valence-corrected chi connectivity index (χ2v) is 5.83. The fourth-order valence-electron chi connectivity index (χ4n) is 2.66. The predicted molar refractivity (Wildman–Crippen MR) is 77.5 cm³/mol. The number of nitrogens with one attached hydrogen (secondary N) is 1. The molecule has 1 fully saturated rings. The number of likely N-dealkylation sites (tertiary alicyclic amines) is 1. The standard InChI is InChI=1S/C16H24F2N2/c1-13-3-7-20(8-4-13)6-2-5-19-12-14-9-15(17)11-16(18)10-14/h9-11,13,19H,2-8,12H2,1H3. The van der Waals surface area contributed by atoms with Gasteiger partial charge in [-0.2, -0.15) is 0 Å². The Morgan fingerprint density at radius 2 is 1.80 bits per heavy atom. The topological polar surface area (TPSA) is 15.3 Å². The largest absolute Gasteiger partial charge is 0.313 e. The van der Waals surface area contributed by atoms with Gasteiger partial charge in [0, 0.05) is 12.6 Å². The van der Waals surface area contributed by atoms with Crippen LogP contribution in [0.25, 0.3) is 0 Å². The van der Waals surface area contributed by atoms with E-state index in [1.807, 2.05) is 0 Å². The molecule has 0 amide bonds. The molecule has 1 N–H and O–H groups in total. The van der Waals surface area contributed by atoms with Gasteiger partial charge < -0.3 is 10.2 Å². The molecule has 1 aromatic carbocycles. The molecule has 4 heteroatoms. The van der Waals surface area contributed by atoms with Crippen molar-refractivity contribution >= 4 is 0 Å². The fraction of sp³-hybridized carbons (Fsp3) is 0.625. The Bertz CT molecular complexity index is 395. The maximum absolute atomic E-state index is 13.0. The molecule has 0 aromatic heterocycles. The van der Waals surface area contributed by atoms with Crippen molar-refractivity contribution in [1.82, 2.24) is 10.2 Å². The molecule has 0 spiro atoms. The average molecular weight is 282 g/mol. The molecule has 0 bridgehead atoms. The van der Waals surface area contributed by atoms with E-state index in [4.69, 9.17) is 0 Å². The minimum atomic E-state index is -0.510. The predicted octanol–water partition coefficient (Wildman–Crippen LogP) is 3.18. The molecule has 112 valence electrons. The molecule has 0 unspecified atom stereocenters. The zero-order chi connectivity index (χ0) is 14.4. The van der Waals surface area contributed by atoms with Crippen LogP contribution < -0.4 is 5.32 Å². The minimum Gasteiger partial charge on any atom is -0.313 e. The number of rotatable bonds is 6. The summed E-state index contributed by atoms with van der Waals surface area (Å²) < 4.78 is 26.0. The van der Waals surface area contributed by atoms with Crippen molar-refractivity contribution in [1.29, 1.82) is 0 Å². The highest BCUT2D eigenvalue weighted by Crippen LogP contribution is 2.15. The Hall–Kier alpha value is -1.00. The molecule has 0 radical (unpaired) electrons. The molecular weight excluding hydrogens is 258 g/mol. The third-order valence-corrected chi connectivity index (χ3v) is 3.96. The number of piperidine rings is 1. The van der Waals surface area contributed by atoms with Crippen molar-refractivity contribution in [3.63, 3.8) is 0 Å². The fourth-order valence-corrected chi connectivity index (χ4v) is 2.66. The van der Waals surface area contributed by atoms with Crippen molar-refractivity contribution < 1.29 is 8.78 Å². The molecular formula is C16H24F2N2. The lowest BCUT2D eigenvalue weighted by atomic mass is 9.99. The van der Waals surface area contributed by atoms with Gasteiger partial charge in [-0.15, -0.1) is 0 Å². The highest BCUT2D eigenvalue weighted by molar-refractivity contribution is 5.17. The highest BCUT2D eigenvalue weighted by Gasteiger charge is 2.14. The lowest BCUT2D eigenvalue weighted by Gasteiger charge is -2.30. The van der Waals surface area contributed by atoms with E-state index in [0.717, 1.165) is 31.5 Å². The molecule has 2 nitrogen and oxygen atoms in total. The van der Waals surface area contributed by atoms with Crippen molar-refractivity contribution in [2.24, 2.45) is 5.92 Å². The molecule has 1 aliphatic heterocycles. The van der Waals surface area contributed by atoms with Gasteiger partial charge in [-0.05, 0) is 69.1 Å². The van der Waals surface area contributed by atoms with Crippen LogP contribution in [0.2, 0.25) is 0 Å². The Kier molecular flexibility index (Phi) is 5.92. The Morgan fingerprint density at radius 1 is 1.15 bits per heavy atom. The second kappa shape index (κ2) is 7.70. The quantitative estimate of drug-likeness (QED) is 0.806. The summed E-state index contributed by atoms with van der Waals surface area (Å²) in [4.78, 5) is 2.50. The van der Waals surface area contributed by atoms with Crippen LogP contribution in [0.15, 0.2) is 18.2 Å². The Morgan fingerprint density at radius 3 is 2.45 bits per heavy atom. The van der Waals surface area contributed by atoms with Gasteiger partial charge >= 0.3 is 0 Å².